The molecule has 0 bridgehead atoms. The van der Waals surface area contributed by atoms with E-state index in [0.717, 1.165) is 17.3 Å². The normalized spacial score (nSPS) is 11.7. The van der Waals surface area contributed by atoms with Crippen LogP contribution in [0.5, 0.6) is 0 Å². The molecule has 124 valence electrons. The van der Waals surface area contributed by atoms with Crippen LogP contribution in [0.15, 0.2) is 42.6 Å². The van der Waals surface area contributed by atoms with Crippen molar-refractivity contribution in [1.29, 1.82) is 0 Å². The minimum atomic E-state index is -4.59. The van der Waals surface area contributed by atoms with Crippen molar-refractivity contribution in [2.45, 2.75) is 6.18 Å². The molecule has 0 aliphatic carbocycles. The maximum absolute atomic E-state index is 12.8. The van der Waals surface area contributed by atoms with Crippen LogP contribution < -0.4 is 4.90 Å². The first-order valence-corrected chi connectivity index (χ1v) is 7.15. The van der Waals surface area contributed by atoms with E-state index >= 15 is 0 Å². The second-order valence-corrected chi connectivity index (χ2v) is 5.53. The van der Waals surface area contributed by atoms with Crippen LogP contribution in [-0.2, 0) is 6.18 Å². The number of fused-ring (bicyclic) bond motifs is 1. The van der Waals surface area contributed by atoms with Gasteiger partial charge in [-0.3, -0.25) is 4.79 Å². The van der Waals surface area contributed by atoms with Crippen LogP contribution >= 0.6 is 0 Å². The van der Waals surface area contributed by atoms with Crippen molar-refractivity contribution >= 4 is 22.4 Å². The average molecular weight is 333 g/mol. The van der Waals surface area contributed by atoms with Crippen LogP contribution in [0, 0.1) is 0 Å². The molecular formula is C17H14F3N3O. The molecule has 2 aromatic heterocycles. The summed E-state index contributed by atoms with van der Waals surface area (Å²) in [7, 11) is 3.73. The van der Waals surface area contributed by atoms with Crippen LogP contribution in [-0.4, -0.2) is 29.8 Å². The molecule has 0 saturated heterocycles. The number of aromatic amines is 1. The number of benzene rings is 1. The second-order valence-electron chi connectivity index (χ2n) is 5.53. The third-order valence-corrected chi connectivity index (χ3v) is 3.69. The maximum Gasteiger partial charge on any atom is 0.433 e. The van der Waals surface area contributed by atoms with Crippen molar-refractivity contribution in [1.82, 2.24) is 9.97 Å². The van der Waals surface area contributed by atoms with E-state index in [4.69, 9.17) is 0 Å². The summed E-state index contributed by atoms with van der Waals surface area (Å²) < 4.78 is 38.3. The maximum atomic E-state index is 12.8. The van der Waals surface area contributed by atoms with Gasteiger partial charge in [0.1, 0.15) is 11.4 Å². The summed E-state index contributed by atoms with van der Waals surface area (Å²) in [5, 5.41) is 0.644. The molecular weight excluding hydrogens is 319 g/mol. The highest BCUT2D eigenvalue weighted by Crippen LogP contribution is 2.30. The molecule has 4 nitrogen and oxygen atoms in total. The van der Waals surface area contributed by atoms with E-state index in [1.165, 1.54) is 18.3 Å². The Morgan fingerprint density at radius 2 is 1.83 bits per heavy atom. The molecule has 1 aromatic carbocycles. The third kappa shape index (κ3) is 2.73. The summed E-state index contributed by atoms with van der Waals surface area (Å²) >= 11 is 0. The molecule has 0 aliphatic rings. The number of hydrogen-bond acceptors (Lipinski definition) is 3. The number of nitrogens with one attached hydrogen (secondary N) is 1. The van der Waals surface area contributed by atoms with Gasteiger partial charge in [0.15, 0.2) is 0 Å². The Morgan fingerprint density at radius 3 is 2.50 bits per heavy atom. The number of anilines is 1. The molecule has 0 fully saturated rings. The van der Waals surface area contributed by atoms with Gasteiger partial charge in [0.05, 0.1) is 11.2 Å². The molecule has 0 radical (unpaired) electrons. The van der Waals surface area contributed by atoms with Crippen molar-refractivity contribution in [3.05, 3.63) is 59.5 Å². The molecule has 1 N–H and O–H groups in total. The summed E-state index contributed by atoms with van der Waals surface area (Å²) in [6.45, 7) is 0. The summed E-state index contributed by atoms with van der Waals surface area (Å²) in [5.74, 6) is -0.553. The Morgan fingerprint density at radius 1 is 1.12 bits per heavy atom. The highest BCUT2D eigenvalue weighted by atomic mass is 19.4. The Kier molecular flexibility index (Phi) is 3.79. The van der Waals surface area contributed by atoms with Crippen molar-refractivity contribution in [3.8, 4) is 0 Å². The number of hydrogen-bond donors (Lipinski definition) is 1. The minimum Gasteiger partial charge on any atom is -0.376 e. The number of nitrogens with zero attached hydrogens (tertiary/aromatic N) is 2. The van der Waals surface area contributed by atoms with Gasteiger partial charge in [0, 0.05) is 31.2 Å². The van der Waals surface area contributed by atoms with Crippen LogP contribution in [0.2, 0.25) is 0 Å². The van der Waals surface area contributed by atoms with Crippen molar-refractivity contribution in [3.63, 3.8) is 0 Å². The Hall–Kier alpha value is -2.83. The summed E-state index contributed by atoms with van der Waals surface area (Å²) in [6.07, 6.45) is -3.09. The molecule has 3 aromatic rings. The lowest BCUT2D eigenvalue weighted by Gasteiger charge is -2.13. The van der Waals surface area contributed by atoms with Gasteiger partial charge < -0.3 is 9.88 Å². The number of aromatic nitrogens is 2. The van der Waals surface area contributed by atoms with E-state index in [-0.39, 0.29) is 5.69 Å². The summed E-state index contributed by atoms with van der Waals surface area (Å²) in [6, 6.07) is 8.74. The summed E-state index contributed by atoms with van der Waals surface area (Å²) in [4.78, 5) is 21.0. The zero-order valence-corrected chi connectivity index (χ0v) is 13.0. The molecule has 3 rings (SSSR count). The van der Waals surface area contributed by atoms with Gasteiger partial charge in [-0.2, -0.15) is 13.2 Å². The first kappa shape index (κ1) is 16.0. The smallest absolute Gasteiger partial charge is 0.376 e. The molecule has 0 saturated carbocycles. The number of alkyl halides is 3. The van der Waals surface area contributed by atoms with Gasteiger partial charge in [-0.1, -0.05) is 18.2 Å². The molecule has 0 unspecified atom stereocenters. The van der Waals surface area contributed by atoms with Gasteiger partial charge >= 0.3 is 6.18 Å². The standard InChI is InChI=1S/C17H14F3N3O/c1-23(2)13-7-3-5-10-11(9-21-15(10)13)16(24)12-6-4-8-14(22-12)17(18,19)20/h3-9,21H,1-2H3. The molecule has 0 atom stereocenters. The highest BCUT2D eigenvalue weighted by Gasteiger charge is 2.33. The fraction of sp³-hybridized carbons (Fsp3) is 0.176. The molecule has 24 heavy (non-hydrogen) atoms. The zero-order valence-electron chi connectivity index (χ0n) is 13.0. The number of H-pyrrole nitrogens is 1. The fourth-order valence-corrected chi connectivity index (χ4v) is 2.56. The lowest BCUT2D eigenvalue weighted by atomic mass is 10.1. The SMILES string of the molecule is CN(C)c1cccc2c(C(=O)c3cccc(C(F)(F)F)n3)c[nH]c12. The first-order valence-electron chi connectivity index (χ1n) is 7.15. The molecule has 0 aliphatic heterocycles. The van der Waals surface area contributed by atoms with Gasteiger partial charge in [-0.25, -0.2) is 4.98 Å². The first-order chi connectivity index (χ1) is 11.3. The lowest BCUT2D eigenvalue weighted by molar-refractivity contribution is -0.141. The Bertz CT molecular complexity index is 913. The number of ketones is 1. The van der Waals surface area contributed by atoms with E-state index in [9.17, 15) is 18.0 Å². The number of para-hydroxylation sites is 1. The zero-order chi connectivity index (χ0) is 17.5. The van der Waals surface area contributed by atoms with Gasteiger partial charge in [0.25, 0.3) is 0 Å². The topological polar surface area (TPSA) is 49.0 Å². The third-order valence-electron chi connectivity index (χ3n) is 3.69. The van der Waals surface area contributed by atoms with E-state index in [1.54, 1.807) is 12.1 Å². The number of carbonyl (C=O) groups is 1. The quantitative estimate of drug-likeness (QED) is 0.740. The van der Waals surface area contributed by atoms with Gasteiger partial charge in [-0.05, 0) is 18.2 Å². The summed E-state index contributed by atoms with van der Waals surface area (Å²) in [5.41, 5.74) is 0.602. The van der Waals surface area contributed by atoms with E-state index in [0.29, 0.717) is 10.9 Å². The van der Waals surface area contributed by atoms with Crippen molar-refractivity contribution < 1.29 is 18.0 Å². The Balaban J connectivity index is 2.09. The van der Waals surface area contributed by atoms with Crippen molar-refractivity contribution in [2.24, 2.45) is 0 Å². The van der Waals surface area contributed by atoms with E-state index in [2.05, 4.69) is 9.97 Å². The average Bonchev–Trinajstić information content (AvgIpc) is 2.97. The van der Waals surface area contributed by atoms with Crippen LogP contribution in [0.25, 0.3) is 10.9 Å². The van der Waals surface area contributed by atoms with Gasteiger partial charge in [0.2, 0.25) is 5.78 Å². The molecule has 2 heterocycles. The largest absolute Gasteiger partial charge is 0.433 e. The number of pyridine rings is 1. The number of rotatable bonds is 3. The molecule has 0 spiro atoms. The lowest BCUT2D eigenvalue weighted by Crippen LogP contribution is -2.12. The van der Waals surface area contributed by atoms with Crippen molar-refractivity contribution in [2.75, 3.05) is 19.0 Å². The van der Waals surface area contributed by atoms with Crippen LogP contribution in [0.3, 0.4) is 0 Å². The van der Waals surface area contributed by atoms with Crippen LogP contribution in [0.4, 0.5) is 18.9 Å². The number of halogens is 3. The van der Waals surface area contributed by atoms with E-state index in [1.807, 2.05) is 25.1 Å². The Labute approximate surface area is 135 Å². The predicted octanol–water partition coefficient (Wildman–Crippen LogP) is 3.88. The molecule has 0 amide bonds. The number of carbonyl (C=O) groups excluding carboxylic acids is 1. The highest BCUT2D eigenvalue weighted by molar-refractivity contribution is 6.16. The minimum absolute atomic E-state index is 0.235. The van der Waals surface area contributed by atoms with Gasteiger partial charge in [-0.15, -0.1) is 0 Å². The second kappa shape index (κ2) is 5.67. The predicted molar refractivity (Wildman–Crippen MR) is 85.3 cm³/mol. The van der Waals surface area contributed by atoms with E-state index < -0.39 is 17.7 Å². The fourth-order valence-electron chi connectivity index (χ4n) is 2.56. The molecule has 7 heteroatoms. The monoisotopic (exact) mass is 333 g/mol. The van der Waals surface area contributed by atoms with Crippen LogP contribution in [0.1, 0.15) is 21.7 Å².